The van der Waals surface area contributed by atoms with Crippen molar-refractivity contribution in [3.8, 4) is 0 Å². The Labute approximate surface area is 221 Å². The summed E-state index contributed by atoms with van der Waals surface area (Å²) >= 11 is 0. The molecule has 0 radical (unpaired) electrons. The summed E-state index contributed by atoms with van der Waals surface area (Å²) in [7, 11) is 0. The number of unbranched alkanes of at least 4 members (excludes halogenated alkanes) is 2. The van der Waals surface area contributed by atoms with Crippen LogP contribution in [0.2, 0.25) is 0 Å². The van der Waals surface area contributed by atoms with Crippen LogP contribution in [0.1, 0.15) is 74.1 Å². The highest BCUT2D eigenvalue weighted by Crippen LogP contribution is 2.39. The summed E-state index contributed by atoms with van der Waals surface area (Å²) in [5, 5.41) is 3.08. The third kappa shape index (κ3) is 5.43. The van der Waals surface area contributed by atoms with Crippen molar-refractivity contribution in [3.05, 3.63) is 82.2 Å². The number of carbonyl (C=O) groups excluding carboxylic acids is 2. The Morgan fingerprint density at radius 3 is 2.30 bits per heavy atom. The summed E-state index contributed by atoms with van der Waals surface area (Å²) in [5.74, 6) is -0.123. The Morgan fingerprint density at radius 2 is 1.65 bits per heavy atom. The number of piperidine rings is 1. The molecule has 2 aliphatic rings. The van der Waals surface area contributed by atoms with Gasteiger partial charge in [-0.25, -0.2) is 11.4 Å². The number of urea groups is 1. The monoisotopic (exact) mass is 500 g/mol. The molecule has 0 aromatic heterocycles. The van der Waals surface area contributed by atoms with Crippen molar-refractivity contribution >= 4 is 11.9 Å². The molecule has 1 atom stereocenters. The van der Waals surface area contributed by atoms with Gasteiger partial charge in [0.25, 0.3) is 11.4 Å². The van der Waals surface area contributed by atoms with E-state index in [1.807, 2.05) is 43.3 Å². The van der Waals surface area contributed by atoms with Crippen molar-refractivity contribution in [1.29, 1.82) is 0 Å². The largest absolute Gasteiger partial charge is 0.325 e. The Bertz CT molecular complexity index is 1140. The highest BCUT2D eigenvalue weighted by molar-refractivity contribution is 6.07. The fourth-order valence-corrected chi connectivity index (χ4v) is 5.95. The summed E-state index contributed by atoms with van der Waals surface area (Å²) in [4.78, 5) is 34.6. The second-order valence-electron chi connectivity index (χ2n) is 10.8. The van der Waals surface area contributed by atoms with Crippen LogP contribution in [-0.4, -0.2) is 47.9 Å². The summed E-state index contributed by atoms with van der Waals surface area (Å²) in [6.07, 6.45) is 5.94. The van der Waals surface area contributed by atoms with Crippen LogP contribution in [0.25, 0.3) is 4.85 Å². The number of amides is 3. The van der Waals surface area contributed by atoms with Gasteiger partial charge < -0.3 is 15.1 Å². The van der Waals surface area contributed by atoms with Crippen molar-refractivity contribution in [2.45, 2.75) is 76.8 Å². The molecule has 0 aliphatic carbocycles. The summed E-state index contributed by atoms with van der Waals surface area (Å²) in [5.41, 5.74) is 2.93. The van der Waals surface area contributed by atoms with Gasteiger partial charge in [0.05, 0.1) is 0 Å². The first-order valence-electron chi connectivity index (χ1n) is 13.7. The third-order valence-electron chi connectivity index (χ3n) is 8.28. The minimum atomic E-state index is -0.964. The molecule has 4 rings (SSSR count). The molecule has 1 N–H and O–H groups in total. The van der Waals surface area contributed by atoms with Crippen molar-refractivity contribution < 1.29 is 9.59 Å². The predicted octanol–water partition coefficient (Wildman–Crippen LogP) is 5.93. The second kappa shape index (κ2) is 11.5. The van der Waals surface area contributed by atoms with Crippen LogP contribution in [0.15, 0.2) is 48.5 Å². The van der Waals surface area contributed by atoms with Crippen LogP contribution in [0.5, 0.6) is 0 Å². The zero-order valence-corrected chi connectivity index (χ0v) is 22.6. The lowest BCUT2D eigenvalue weighted by molar-refractivity contribution is -0.132. The van der Waals surface area contributed by atoms with Crippen LogP contribution in [0.3, 0.4) is 0 Å². The van der Waals surface area contributed by atoms with Crippen molar-refractivity contribution in [1.82, 2.24) is 15.1 Å². The van der Waals surface area contributed by atoms with E-state index in [2.05, 4.69) is 41.0 Å². The summed E-state index contributed by atoms with van der Waals surface area (Å²) in [6, 6.07) is 15.9. The van der Waals surface area contributed by atoms with Gasteiger partial charge in [-0.05, 0) is 44.4 Å². The number of carbonyl (C=O) groups is 2. The van der Waals surface area contributed by atoms with Gasteiger partial charge in [0, 0.05) is 38.0 Å². The van der Waals surface area contributed by atoms with E-state index >= 15 is 0 Å². The first kappa shape index (κ1) is 26.9. The van der Waals surface area contributed by atoms with E-state index in [1.54, 1.807) is 0 Å². The lowest BCUT2D eigenvalue weighted by Gasteiger charge is -2.35. The number of benzene rings is 2. The fourth-order valence-electron chi connectivity index (χ4n) is 5.95. The van der Waals surface area contributed by atoms with E-state index < -0.39 is 11.1 Å². The van der Waals surface area contributed by atoms with Gasteiger partial charge in [0.15, 0.2) is 0 Å². The fraction of sp³-hybridized carbons (Fsp3) is 0.516. The zero-order valence-electron chi connectivity index (χ0n) is 22.6. The maximum absolute atomic E-state index is 13.7. The normalized spacial score (nSPS) is 21.6. The molecule has 0 spiro atoms. The van der Waals surface area contributed by atoms with E-state index in [9.17, 15) is 9.59 Å². The SMILES string of the molecule is [C-]#[N+]C1(c2ccccc2C)CCN(CCCN2C(=O)NC(CCCCC)(c3ccc(C)cc3)C2=O)CC1. The number of aryl methyl sites for hydroxylation is 2. The molecule has 2 aromatic carbocycles. The van der Waals surface area contributed by atoms with Crippen LogP contribution in [0.4, 0.5) is 4.79 Å². The third-order valence-corrected chi connectivity index (χ3v) is 8.28. The standard InChI is InChI=1S/C31H40N4O2/c1-5-6-9-17-31(26-15-13-24(2)14-16-26)28(36)35(29(37)33-31)21-10-20-34-22-18-30(32-4,19-23-34)27-12-8-7-11-25(27)3/h7-8,11-16H,5-6,9-10,17-23H2,1-3H3,(H,33,37). The Morgan fingerprint density at radius 1 is 0.946 bits per heavy atom. The maximum Gasteiger partial charge on any atom is 0.325 e. The minimum Gasteiger partial charge on any atom is -0.319 e. The number of nitrogens with zero attached hydrogens (tertiary/aromatic N) is 3. The molecule has 0 bridgehead atoms. The van der Waals surface area contributed by atoms with Crippen LogP contribution in [0, 0.1) is 20.4 Å². The van der Waals surface area contributed by atoms with Gasteiger partial charge in [-0.15, -0.1) is 0 Å². The van der Waals surface area contributed by atoms with Gasteiger partial charge in [0.2, 0.25) is 0 Å². The molecular formula is C31H40N4O2. The highest BCUT2D eigenvalue weighted by Gasteiger charge is 2.51. The molecule has 2 aromatic rings. The van der Waals surface area contributed by atoms with Gasteiger partial charge >= 0.3 is 6.03 Å². The number of imide groups is 1. The predicted molar refractivity (Wildman–Crippen MR) is 147 cm³/mol. The van der Waals surface area contributed by atoms with Crippen molar-refractivity contribution in [3.63, 3.8) is 0 Å². The van der Waals surface area contributed by atoms with E-state index in [0.717, 1.165) is 74.8 Å². The van der Waals surface area contributed by atoms with Gasteiger partial charge in [-0.3, -0.25) is 9.69 Å². The number of nitrogens with one attached hydrogen (secondary N) is 1. The first-order valence-corrected chi connectivity index (χ1v) is 13.7. The molecule has 2 heterocycles. The molecule has 0 saturated carbocycles. The maximum atomic E-state index is 13.7. The number of rotatable bonds is 10. The van der Waals surface area contributed by atoms with Crippen molar-refractivity contribution in [2.24, 2.45) is 0 Å². The van der Waals surface area contributed by atoms with Crippen LogP contribution in [-0.2, 0) is 15.9 Å². The lowest BCUT2D eigenvalue weighted by Crippen LogP contribution is -2.44. The summed E-state index contributed by atoms with van der Waals surface area (Å²) < 4.78 is 0. The molecular weight excluding hydrogens is 460 g/mol. The van der Waals surface area contributed by atoms with Gasteiger partial charge in [-0.1, -0.05) is 80.3 Å². The van der Waals surface area contributed by atoms with E-state index in [1.165, 1.54) is 10.5 Å². The lowest BCUT2D eigenvalue weighted by atomic mass is 9.79. The molecule has 6 heteroatoms. The molecule has 6 nitrogen and oxygen atoms in total. The molecule has 2 fully saturated rings. The molecule has 37 heavy (non-hydrogen) atoms. The molecule has 2 saturated heterocycles. The zero-order chi connectivity index (χ0) is 26.5. The topological polar surface area (TPSA) is 57.0 Å². The number of hydrogen-bond donors (Lipinski definition) is 1. The second-order valence-corrected chi connectivity index (χ2v) is 10.8. The van der Waals surface area contributed by atoms with Crippen LogP contribution >= 0.6 is 0 Å². The van der Waals surface area contributed by atoms with Crippen molar-refractivity contribution in [2.75, 3.05) is 26.2 Å². The van der Waals surface area contributed by atoms with Crippen LogP contribution < -0.4 is 5.32 Å². The highest BCUT2D eigenvalue weighted by atomic mass is 16.2. The molecule has 196 valence electrons. The summed E-state index contributed by atoms with van der Waals surface area (Å²) in [6.45, 7) is 17.1. The van der Waals surface area contributed by atoms with E-state index in [4.69, 9.17) is 6.57 Å². The Balaban J connectivity index is 1.37. The average Bonchev–Trinajstić information content (AvgIpc) is 3.15. The molecule has 3 amide bonds. The Kier molecular flexibility index (Phi) is 8.34. The average molecular weight is 501 g/mol. The Hall–Kier alpha value is -3.17. The number of likely N-dealkylation sites (tertiary alicyclic amines) is 1. The van der Waals surface area contributed by atoms with Gasteiger partial charge in [-0.2, -0.15) is 0 Å². The quantitative estimate of drug-likeness (QED) is 0.250. The molecule has 1 unspecified atom stereocenters. The number of hydrogen-bond acceptors (Lipinski definition) is 3. The minimum absolute atomic E-state index is 0.123. The first-order chi connectivity index (χ1) is 17.8. The van der Waals surface area contributed by atoms with Gasteiger partial charge in [0.1, 0.15) is 5.54 Å². The molecule has 2 aliphatic heterocycles. The van der Waals surface area contributed by atoms with E-state index in [0.29, 0.717) is 13.0 Å². The smallest absolute Gasteiger partial charge is 0.319 e. The van der Waals surface area contributed by atoms with E-state index in [-0.39, 0.29) is 11.9 Å².